The number of nitrogens with two attached hydrogens (primary N) is 2. The van der Waals surface area contributed by atoms with Crippen LogP contribution in [0, 0.1) is 12.3 Å². The van der Waals surface area contributed by atoms with Gasteiger partial charge in [0.1, 0.15) is 5.75 Å². The number of sulfone groups is 1. The lowest BCUT2D eigenvalue weighted by atomic mass is 9.99. The summed E-state index contributed by atoms with van der Waals surface area (Å²) in [7, 11) is -1.92. The van der Waals surface area contributed by atoms with Crippen molar-refractivity contribution in [2.24, 2.45) is 16.9 Å². The SMILES string of the molecule is COc1ccc(C2C(S(=O)(=O)c3ccc(C)cc3)C2(CN)CN)cc1. The van der Waals surface area contributed by atoms with Crippen LogP contribution in [0.1, 0.15) is 17.0 Å². The van der Waals surface area contributed by atoms with Gasteiger partial charge in [-0.05, 0) is 36.8 Å². The molecule has 2 aromatic carbocycles. The van der Waals surface area contributed by atoms with E-state index in [0.29, 0.717) is 4.90 Å². The molecule has 4 N–H and O–H groups in total. The number of rotatable bonds is 6. The molecular formula is C19H24N2O3S. The van der Waals surface area contributed by atoms with Gasteiger partial charge in [-0.2, -0.15) is 0 Å². The van der Waals surface area contributed by atoms with E-state index in [9.17, 15) is 8.42 Å². The van der Waals surface area contributed by atoms with Crippen LogP contribution in [0.2, 0.25) is 0 Å². The largest absolute Gasteiger partial charge is 0.497 e. The molecule has 6 heteroatoms. The topological polar surface area (TPSA) is 95.4 Å². The summed E-state index contributed by atoms with van der Waals surface area (Å²) in [6, 6.07) is 14.4. The fourth-order valence-electron chi connectivity index (χ4n) is 3.70. The average Bonchev–Trinajstić information content (AvgIpc) is 3.33. The molecule has 2 aromatic rings. The minimum absolute atomic E-state index is 0.209. The van der Waals surface area contributed by atoms with E-state index in [2.05, 4.69) is 0 Å². The molecular weight excluding hydrogens is 336 g/mol. The van der Waals surface area contributed by atoms with Crippen LogP contribution >= 0.6 is 0 Å². The van der Waals surface area contributed by atoms with Crippen LogP contribution in [-0.4, -0.2) is 33.9 Å². The molecule has 1 aliphatic rings. The molecule has 0 bridgehead atoms. The van der Waals surface area contributed by atoms with E-state index in [0.717, 1.165) is 16.9 Å². The Labute approximate surface area is 148 Å². The van der Waals surface area contributed by atoms with Crippen LogP contribution in [0.15, 0.2) is 53.4 Å². The first-order valence-electron chi connectivity index (χ1n) is 8.25. The lowest BCUT2D eigenvalue weighted by Crippen LogP contribution is -2.31. The standard InChI is InChI=1S/C19H24N2O3S/c1-13-3-9-16(10-4-13)25(22,23)18-17(19(18,11-20)12-21)14-5-7-15(24-2)8-6-14/h3-10,17-18H,11-12,20-21H2,1-2H3. The second-order valence-electron chi connectivity index (χ2n) is 6.67. The zero-order valence-electron chi connectivity index (χ0n) is 14.5. The number of methoxy groups -OCH3 is 1. The van der Waals surface area contributed by atoms with Crippen molar-refractivity contribution >= 4 is 9.84 Å². The lowest BCUT2D eigenvalue weighted by Gasteiger charge is -2.13. The number of aryl methyl sites for hydroxylation is 1. The van der Waals surface area contributed by atoms with Crippen molar-refractivity contribution in [1.29, 1.82) is 0 Å². The quantitative estimate of drug-likeness (QED) is 0.820. The molecule has 2 atom stereocenters. The molecule has 2 unspecified atom stereocenters. The highest BCUT2D eigenvalue weighted by atomic mass is 32.2. The van der Waals surface area contributed by atoms with Crippen LogP contribution in [0.4, 0.5) is 0 Å². The molecule has 5 nitrogen and oxygen atoms in total. The van der Waals surface area contributed by atoms with Crippen molar-refractivity contribution in [2.75, 3.05) is 20.2 Å². The van der Waals surface area contributed by atoms with Gasteiger partial charge in [-0.3, -0.25) is 0 Å². The van der Waals surface area contributed by atoms with Gasteiger partial charge in [0.25, 0.3) is 0 Å². The predicted octanol–water partition coefficient (Wildman–Crippen LogP) is 1.85. The highest BCUT2D eigenvalue weighted by molar-refractivity contribution is 7.92. The van der Waals surface area contributed by atoms with Gasteiger partial charge in [0.15, 0.2) is 9.84 Å². The number of benzene rings is 2. The molecule has 0 saturated heterocycles. The summed E-state index contributed by atoms with van der Waals surface area (Å²) in [5, 5.41) is -0.605. The maximum atomic E-state index is 13.2. The zero-order valence-corrected chi connectivity index (χ0v) is 15.3. The zero-order chi connectivity index (χ0) is 18.2. The Bertz CT molecular complexity index is 841. The Balaban J connectivity index is 2.02. The molecule has 1 saturated carbocycles. The summed E-state index contributed by atoms with van der Waals surface area (Å²) >= 11 is 0. The Morgan fingerprint density at radius 1 is 1.00 bits per heavy atom. The first-order valence-corrected chi connectivity index (χ1v) is 9.80. The summed E-state index contributed by atoms with van der Waals surface area (Å²) in [5.74, 6) is 0.521. The Kier molecular flexibility index (Phi) is 4.62. The number of hydrogen-bond acceptors (Lipinski definition) is 5. The van der Waals surface area contributed by atoms with Crippen molar-refractivity contribution in [1.82, 2.24) is 0 Å². The normalized spacial score (nSPS) is 21.8. The Hall–Kier alpha value is -1.89. The molecule has 1 fully saturated rings. The van der Waals surface area contributed by atoms with Gasteiger partial charge in [0.2, 0.25) is 0 Å². The van der Waals surface area contributed by atoms with Gasteiger partial charge in [0.05, 0.1) is 17.3 Å². The fourth-order valence-corrected chi connectivity index (χ4v) is 6.18. The molecule has 0 spiro atoms. The van der Waals surface area contributed by atoms with E-state index in [4.69, 9.17) is 16.2 Å². The van der Waals surface area contributed by atoms with E-state index in [-0.39, 0.29) is 19.0 Å². The second-order valence-corrected chi connectivity index (χ2v) is 8.74. The van der Waals surface area contributed by atoms with E-state index in [1.807, 2.05) is 43.3 Å². The summed E-state index contributed by atoms with van der Waals surface area (Å²) in [4.78, 5) is 0.324. The first-order chi connectivity index (χ1) is 11.9. The molecule has 25 heavy (non-hydrogen) atoms. The van der Waals surface area contributed by atoms with Crippen molar-refractivity contribution < 1.29 is 13.2 Å². The molecule has 0 heterocycles. The van der Waals surface area contributed by atoms with Crippen LogP contribution in [0.25, 0.3) is 0 Å². The van der Waals surface area contributed by atoms with Crippen molar-refractivity contribution in [2.45, 2.75) is 23.0 Å². The van der Waals surface area contributed by atoms with E-state index >= 15 is 0 Å². The van der Waals surface area contributed by atoms with Crippen LogP contribution in [-0.2, 0) is 9.84 Å². The molecule has 0 amide bonds. The molecule has 134 valence electrons. The smallest absolute Gasteiger partial charge is 0.182 e. The van der Waals surface area contributed by atoms with Crippen molar-refractivity contribution in [3.63, 3.8) is 0 Å². The van der Waals surface area contributed by atoms with E-state index in [1.54, 1.807) is 19.2 Å². The van der Waals surface area contributed by atoms with Crippen LogP contribution in [0.5, 0.6) is 5.75 Å². The first kappa shape index (κ1) is 17.9. The molecule has 1 aliphatic carbocycles. The van der Waals surface area contributed by atoms with Crippen molar-refractivity contribution in [3.8, 4) is 5.75 Å². The molecule has 0 radical (unpaired) electrons. The average molecular weight is 360 g/mol. The van der Waals surface area contributed by atoms with Gasteiger partial charge >= 0.3 is 0 Å². The highest BCUT2D eigenvalue weighted by Crippen LogP contribution is 2.63. The number of hydrogen-bond donors (Lipinski definition) is 2. The Morgan fingerprint density at radius 3 is 2.04 bits per heavy atom. The van der Waals surface area contributed by atoms with E-state index in [1.165, 1.54) is 0 Å². The molecule has 3 rings (SSSR count). The minimum Gasteiger partial charge on any atom is -0.497 e. The van der Waals surface area contributed by atoms with Gasteiger partial charge in [-0.25, -0.2) is 8.42 Å². The summed E-state index contributed by atoms with van der Waals surface area (Å²) in [6.45, 7) is 2.39. The third kappa shape index (κ3) is 2.84. The molecule has 0 aliphatic heterocycles. The highest BCUT2D eigenvalue weighted by Gasteiger charge is 2.69. The van der Waals surface area contributed by atoms with Gasteiger partial charge in [0, 0.05) is 24.4 Å². The predicted molar refractivity (Wildman–Crippen MR) is 98.4 cm³/mol. The maximum absolute atomic E-state index is 13.2. The van der Waals surface area contributed by atoms with Gasteiger partial charge < -0.3 is 16.2 Å². The van der Waals surface area contributed by atoms with Crippen LogP contribution in [0.3, 0.4) is 0 Å². The fraction of sp³-hybridized carbons (Fsp3) is 0.368. The third-order valence-corrected chi connectivity index (χ3v) is 7.64. The summed E-state index contributed by atoms with van der Waals surface area (Å²) < 4.78 is 31.6. The molecule has 0 aromatic heterocycles. The Morgan fingerprint density at radius 2 is 1.56 bits per heavy atom. The van der Waals surface area contributed by atoms with Crippen molar-refractivity contribution in [3.05, 3.63) is 59.7 Å². The summed E-state index contributed by atoms with van der Waals surface area (Å²) in [5.41, 5.74) is 13.3. The number of ether oxygens (including phenoxy) is 1. The van der Waals surface area contributed by atoms with E-state index < -0.39 is 20.5 Å². The van der Waals surface area contributed by atoms with Crippen LogP contribution < -0.4 is 16.2 Å². The monoisotopic (exact) mass is 360 g/mol. The van der Waals surface area contributed by atoms with Gasteiger partial charge in [-0.1, -0.05) is 29.8 Å². The second kappa shape index (κ2) is 6.44. The summed E-state index contributed by atoms with van der Waals surface area (Å²) in [6.07, 6.45) is 0. The lowest BCUT2D eigenvalue weighted by molar-refractivity contribution is 0.414. The minimum atomic E-state index is -3.52. The van der Waals surface area contributed by atoms with Gasteiger partial charge in [-0.15, -0.1) is 0 Å². The maximum Gasteiger partial charge on any atom is 0.182 e. The third-order valence-electron chi connectivity index (χ3n) is 5.30.